The molecule has 0 amide bonds. The van der Waals surface area contributed by atoms with E-state index < -0.39 is 0 Å². The lowest BCUT2D eigenvalue weighted by atomic mass is 10.2. The average Bonchev–Trinajstić information content (AvgIpc) is 2.87. The molecular weight excluding hydrogens is 254 g/mol. The highest BCUT2D eigenvalue weighted by Gasteiger charge is 2.18. The van der Waals surface area contributed by atoms with Crippen LogP contribution in [0.3, 0.4) is 0 Å². The number of rotatable bonds is 2. The molecule has 0 unspecified atom stereocenters. The van der Waals surface area contributed by atoms with Gasteiger partial charge in [-0.25, -0.2) is 15.0 Å². The van der Waals surface area contributed by atoms with Crippen molar-refractivity contribution in [3.8, 4) is 0 Å². The van der Waals surface area contributed by atoms with Gasteiger partial charge >= 0.3 is 0 Å². The zero-order valence-corrected chi connectivity index (χ0v) is 11.1. The molecule has 1 aliphatic rings. The van der Waals surface area contributed by atoms with E-state index in [2.05, 4.69) is 15.0 Å². The van der Waals surface area contributed by atoms with Gasteiger partial charge in [0.05, 0.1) is 6.42 Å². The van der Waals surface area contributed by atoms with Gasteiger partial charge < -0.3 is 0 Å². The van der Waals surface area contributed by atoms with Gasteiger partial charge in [0.15, 0.2) is 0 Å². The lowest BCUT2D eigenvalue weighted by Crippen LogP contribution is -2.02. The first-order chi connectivity index (χ1) is 8.22. The molecule has 17 heavy (non-hydrogen) atoms. The Morgan fingerprint density at radius 3 is 2.94 bits per heavy atom. The van der Waals surface area contributed by atoms with E-state index in [1.54, 1.807) is 11.3 Å². The van der Waals surface area contributed by atoms with Gasteiger partial charge in [-0.1, -0.05) is 11.6 Å². The van der Waals surface area contributed by atoms with Crippen LogP contribution in [0.1, 0.15) is 34.2 Å². The summed E-state index contributed by atoms with van der Waals surface area (Å²) in [5.74, 6) is 0.796. The predicted molar refractivity (Wildman–Crippen MR) is 68.7 cm³/mol. The largest absolute Gasteiger partial charge is 0.246 e. The summed E-state index contributed by atoms with van der Waals surface area (Å²) < 4.78 is 0. The molecule has 0 spiro atoms. The van der Waals surface area contributed by atoms with E-state index in [0.717, 1.165) is 47.0 Å². The summed E-state index contributed by atoms with van der Waals surface area (Å²) in [4.78, 5) is 13.4. The van der Waals surface area contributed by atoms with Crippen molar-refractivity contribution < 1.29 is 0 Å². The highest BCUT2D eigenvalue weighted by atomic mass is 35.5. The minimum atomic E-state index is 0.635. The van der Waals surface area contributed by atoms with Gasteiger partial charge in [-0.3, -0.25) is 0 Å². The number of thiazole rings is 1. The molecule has 0 aliphatic heterocycles. The second-order valence-electron chi connectivity index (χ2n) is 4.27. The zero-order valence-electron chi connectivity index (χ0n) is 9.53. The third-order valence-corrected chi connectivity index (χ3v) is 4.18. The second kappa shape index (κ2) is 4.35. The van der Waals surface area contributed by atoms with Crippen LogP contribution >= 0.6 is 22.9 Å². The first-order valence-electron chi connectivity index (χ1n) is 5.67. The van der Waals surface area contributed by atoms with Crippen molar-refractivity contribution in [3.05, 3.63) is 38.3 Å². The molecular formula is C12H12ClN3S. The predicted octanol–water partition coefficient (Wildman–Crippen LogP) is 2.97. The summed E-state index contributed by atoms with van der Waals surface area (Å²) in [6.45, 7) is 2.00. The topological polar surface area (TPSA) is 38.7 Å². The molecule has 3 rings (SSSR count). The Morgan fingerprint density at radius 2 is 2.18 bits per heavy atom. The Morgan fingerprint density at radius 1 is 1.29 bits per heavy atom. The van der Waals surface area contributed by atoms with Crippen molar-refractivity contribution in [3.63, 3.8) is 0 Å². The molecule has 3 nitrogen and oxygen atoms in total. The normalized spacial score (nSPS) is 14.0. The van der Waals surface area contributed by atoms with E-state index in [9.17, 15) is 0 Å². The number of aromatic nitrogens is 3. The van der Waals surface area contributed by atoms with Crippen LogP contribution in [0.5, 0.6) is 0 Å². The van der Waals surface area contributed by atoms with E-state index in [0.29, 0.717) is 11.6 Å². The molecule has 5 heteroatoms. The fourth-order valence-electron chi connectivity index (χ4n) is 2.13. The highest BCUT2D eigenvalue weighted by Crippen LogP contribution is 2.26. The maximum atomic E-state index is 6.18. The van der Waals surface area contributed by atoms with Gasteiger partial charge in [-0.2, -0.15) is 0 Å². The minimum absolute atomic E-state index is 0.635. The van der Waals surface area contributed by atoms with Crippen molar-refractivity contribution in [2.24, 2.45) is 0 Å². The Hall–Kier alpha value is -1.00. The Balaban J connectivity index is 1.91. The van der Waals surface area contributed by atoms with Gasteiger partial charge in [0.2, 0.25) is 0 Å². The minimum Gasteiger partial charge on any atom is -0.246 e. The number of hydrogen-bond acceptors (Lipinski definition) is 4. The van der Waals surface area contributed by atoms with Crippen molar-refractivity contribution in [1.29, 1.82) is 0 Å². The van der Waals surface area contributed by atoms with E-state index in [1.807, 2.05) is 12.3 Å². The molecule has 0 atom stereocenters. The lowest BCUT2D eigenvalue weighted by molar-refractivity contribution is 0.883. The highest BCUT2D eigenvalue weighted by molar-refractivity contribution is 7.09. The molecule has 0 saturated carbocycles. The molecule has 2 heterocycles. The summed E-state index contributed by atoms with van der Waals surface area (Å²) in [7, 11) is 0. The Kier molecular flexibility index (Phi) is 2.84. The quantitative estimate of drug-likeness (QED) is 0.784. The summed E-state index contributed by atoms with van der Waals surface area (Å²) in [6.07, 6.45) is 3.88. The van der Waals surface area contributed by atoms with Gasteiger partial charge in [0, 0.05) is 22.3 Å². The van der Waals surface area contributed by atoms with Crippen molar-refractivity contribution in [1.82, 2.24) is 15.0 Å². The van der Waals surface area contributed by atoms with Crippen molar-refractivity contribution in [2.45, 2.75) is 32.6 Å². The molecule has 1 aliphatic carbocycles. The standard InChI is InChI=1S/C12H12ClN3S/c1-7-6-17-11(14-7)5-10-15-9-4-2-3-8(9)12(13)16-10/h6H,2-5H2,1H3. The summed E-state index contributed by atoms with van der Waals surface area (Å²) >= 11 is 7.83. The van der Waals surface area contributed by atoms with E-state index in [-0.39, 0.29) is 0 Å². The molecule has 2 aromatic heterocycles. The number of halogens is 1. The molecule has 0 saturated heterocycles. The Bertz CT molecular complexity index is 565. The zero-order chi connectivity index (χ0) is 11.8. The van der Waals surface area contributed by atoms with E-state index in [1.165, 1.54) is 0 Å². The Labute approximate surface area is 109 Å². The van der Waals surface area contributed by atoms with Crippen LogP contribution < -0.4 is 0 Å². The van der Waals surface area contributed by atoms with Crippen molar-refractivity contribution >= 4 is 22.9 Å². The monoisotopic (exact) mass is 265 g/mol. The third kappa shape index (κ3) is 2.19. The molecule has 0 fully saturated rings. The van der Waals surface area contributed by atoms with Crippen LogP contribution in [0.4, 0.5) is 0 Å². The van der Waals surface area contributed by atoms with Crippen LogP contribution in [0.25, 0.3) is 0 Å². The smallest absolute Gasteiger partial charge is 0.137 e. The van der Waals surface area contributed by atoms with Crippen LogP contribution in [-0.2, 0) is 19.3 Å². The maximum absolute atomic E-state index is 6.18. The summed E-state index contributed by atoms with van der Waals surface area (Å²) in [5, 5.41) is 3.73. The fourth-order valence-corrected chi connectivity index (χ4v) is 3.20. The molecule has 0 N–H and O–H groups in total. The van der Waals surface area contributed by atoms with Crippen LogP contribution in [0.15, 0.2) is 5.38 Å². The van der Waals surface area contributed by atoms with E-state index in [4.69, 9.17) is 11.6 Å². The average molecular weight is 266 g/mol. The molecule has 2 aromatic rings. The summed E-state index contributed by atoms with van der Waals surface area (Å²) in [5.41, 5.74) is 3.33. The van der Waals surface area contributed by atoms with E-state index >= 15 is 0 Å². The lowest BCUT2D eigenvalue weighted by Gasteiger charge is -2.04. The maximum Gasteiger partial charge on any atom is 0.137 e. The van der Waals surface area contributed by atoms with Gasteiger partial charge in [0.25, 0.3) is 0 Å². The first-order valence-corrected chi connectivity index (χ1v) is 6.93. The fraction of sp³-hybridized carbons (Fsp3) is 0.417. The summed E-state index contributed by atoms with van der Waals surface area (Å²) in [6, 6.07) is 0. The van der Waals surface area contributed by atoms with Crippen LogP contribution in [0, 0.1) is 6.92 Å². The number of aryl methyl sites for hydroxylation is 2. The number of fused-ring (bicyclic) bond motifs is 1. The molecule has 0 radical (unpaired) electrons. The molecule has 0 aromatic carbocycles. The van der Waals surface area contributed by atoms with Crippen LogP contribution in [0.2, 0.25) is 5.15 Å². The molecule has 0 bridgehead atoms. The first kappa shape index (κ1) is 11.1. The number of hydrogen-bond donors (Lipinski definition) is 0. The number of nitrogens with zero attached hydrogens (tertiary/aromatic N) is 3. The third-order valence-electron chi connectivity index (χ3n) is 2.90. The van der Waals surface area contributed by atoms with Gasteiger partial charge in [-0.15, -0.1) is 11.3 Å². The van der Waals surface area contributed by atoms with Crippen LogP contribution in [-0.4, -0.2) is 15.0 Å². The second-order valence-corrected chi connectivity index (χ2v) is 5.57. The SMILES string of the molecule is Cc1csc(Cc2nc(Cl)c3c(n2)CCC3)n1. The molecule has 88 valence electrons. The van der Waals surface area contributed by atoms with Gasteiger partial charge in [0.1, 0.15) is 16.0 Å². The van der Waals surface area contributed by atoms with Crippen molar-refractivity contribution in [2.75, 3.05) is 0 Å². The van der Waals surface area contributed by atoms with Gasteiger partial charge in [-0.05, 0) is 26.2 Å².